The maximum Gasteiger partial charge on any atom is 0.142 e. The molecule has 2 aromatic rings. The fourth-order valence-electron chi connectivity index (χ4n) is 5.76. The van der Waals surface area contributed by atoms with Crippen molar-refractivity contribution in [3.05, 3.63) is 59.2 Å². The van der Waals surface area contributed by atoms with E-state index < -0.39 is 6.10 Å². The van der Waals surface area contributed by atoms with Gasteiger partial charge in [-0.3, -0.25) is 0 Å². The normalized spacial score (nSPS) is 21.7. The van der Waals surface area contributed by atoms with Gasteiger partial charge in [-0.05, 0) is 41.7 Å². The number of hydrogen-bond acceptors (Lipinski definition) is 9. The summed E-state index contributed by atoms with van der Waals surface area (Å²) >= 11 is 0. The highest BCUT2D eigenvalue weighted by molar-refractivity contribution is 5.61. The van der Waals surface area contributed by atoms with Crippen LogP contribution < -0.4 is 15.0 Å². The summed E-state index contributed by atoms with van der Waals surface area (Å²) in [6.07, 6.45) is 0.932. The van der Waals surface area contributed by atoms with Gasteiger partial charge in [-0.1, -0.05) is 44.2 Å². The predicted molar refractivity (Wildman–Crippen MR) is 168 cm³/mol. The summed E-state index contributed by atoms with van der Waals surface area (Å²) < 4.78 is 35.3. The maximum absolute atomic E-state index is 10.2. The molecule has 4 rings (SSSR count). The molecule has 1 fully saturated rings. The summed E-state index contributed by atoms with van der Waals surface area (Å²) in [4.78, 5) is 2.37. The molecule has 2 aliphatic rings. The Morgan fingerprint density at radius 1 is 0.953 bits per heavy atom. The number of methoxy groups -OCH3 is 2. The summed E-state index contributed by atoms with van der Waals surface area (Å²) in [6.45, 7) is 11.5. The van der Waals surface area contributed by atoms with E-state index in [4.69, 9.17) is 28.4 Å². The molecule has 0 saturated carbocycles. The predicted octanol–water partition coefficient (Wildman–Crippen LogP) is 4.15. The van der Waals surface area contributed by atoms with Crippen LogP contribution >= 0.6 is 0 Å². The summed E-state index contributed by atoms with van der Waals surface area (Å²) in [5, 5.41) is 13.7. The average Bonchev–Trinajstić information content (AvgIpc) is 3.03. The van der Waals surface area contributed by atoms with Crippen molar-refractivity contribution in [1.29, 1.82) is 0 Å². The number of ether oxygens (including phenoxy) is 6. The lowest BCUT2D eigenvalue weighted by molar-refractivity contribution is -0.0777. The Morgan fingerprint density at radius 2 is 1.72 bits per heavy atom. The van der Waals surface area contributed by atoms with E-state index >= 15 is 0 Å². The standard InChI is InChI=1S/C34H52N2O7/c1-5-29(37)24-43-33-19-35-18-32(34(33)28-10-7-26(8-11-28)22-40-21-25(2)20-39-4)42-23-27-9-12-31-30(17-27)36(14-16-41-31)13-6-15-38-3/h7-12,17,25,29,32-35,37H,5-6,13-16,18-24H2,1-4H3/t25-,29-,32-,33+,34+/m0/s1. The second-order valence-corrected chi connectivity index (χ2v) is 11.8. The van der Waals surface area contributed by atoms with Crippen LogP contribution in [0.25, 0.3) is 0 Å². The number of nitrogens with zero attached hydrogens (tertiary/aromatic N) is 1. The second-order valence-electron chi connectivity index (χ2n) is 11.8. The molecule has 0 aliphatic carbocycles. The molecule has 2 aliphatic heterocycles. The van der Waals surface area contributed by atoms with Crippen LogP contribution in [-0.2, 0) is 36.9 Å². The summed E-state index contributed by atoms with van der Waals surface area (Å²) in [5.74, 6) is 1.30. The van der Waals surface area contributed by atoms with Gasteiger partial charge in [-0.15, -0.1) is 0 Å². The lowest BCUT2D eigenvalue weighted by Gasteiger charge is -2.39. The number of aliphatic hydroxyl groups excluding tert-OH is 1. The molecule has 9 heteroatoms. The number of anilines is 1. The number of piperidine rings is 1. The van der Waals surface area contributed by atoms with E-state index in [2.05, 4.69) is 59.6 Å². The van der Waals surface area contributed by atoms with Gasteiger partial charge in [0.05, 0.1) is 63.6 Å². The number of nitrogens with one attached hydrogen (secondary N) is 1. The van der Waals surface area contributed by atoms with Gasteiger partial charge in [0.25, 0.3) is 0 Å². The highest BCUT2D eigenvalue weighted by atomic mass is 16.5. The minimum Gasteiger partial charge on any atom is -0.490 e. The highest BCUT2D eigenvalue weighted by Crippen LogP contribution is 2.35. The van der Waals surface area contributed by atoms with Gasteiger partial charge in [-0.2, -0.15) is 0 Å². The molecule has 5 atom stereocenters. The first kappa shape index (κ1) is 33.6. The largest absolute Gasteiger partial charge is 0.490 e. The zero-order chi connectivity index (χ0) is 30.4. The molecule has 9 nitrogen and oxygen atoms in total. The van der Waals surface area contributed by atoms with Crippen LogP contribution in [0.1, 0.15) is 49.3 Å². The Morgan fingerprint density at radius 3 is 2.47 bits per heavy atom. The molecule has 0 radical (unpaired) electrons. The van der Waals surface area contributed by atoms with Crippen molar-refractivity contribution in [2.45, 2.75) is 64.1 Å². The number of benzene rings is 2. The molecule has 1 saturated heterocycles. The average molecular weight is 601 g/mol. The Hall–Kier alpha value is -2.24. The number of hydrogen-bond donors (Lipinski definition) is 2. The third-order valence-electron chi connectivity index (χ3n) is 8.18. The van der Waals surface area contributed by atoms with Crippen LogP contribution in [0.4, 0.5) is 5.69 Å². The van der Waals surface area contributed by atoms with Crippen molar-refractivity contribution >= 4 is 5.69 Å². The molecule has 2 aromatic carbocycles. The molecule has 0 unspecified atom stereocenters. The van der Waals surface area contributed by atoms with Gasteiger partial charge in [-0.25, -0.2) is 0 Å². The third-order valence-corrected chi connectivity index (χ3v) is 8.18. The van der Waals surface area contributed by atoms with E-state index in [0.29, 0.717) is 58.5 Å². The summed E-state index contributed by atoms with van der Waals surface area (Å²) in [6, 6.07) is 15.0. The van der Waals surface area contributed by atoms with E-state index in [-0.39, 0.29) is 18.1 Å². The van der Waals surface area contributed by atoms with Gasteiger partial charge in [0.1, 0.15) is 12.4 Å². The molecule has 0 aromatic heterocycles. The van der Waals surface area contributed by atoms with Crippen molar-refractivity contribution < 1.29 is 33.5 Å². The molecule has 2 heterocycles. The van der Waals surface area contributed by atoms with Crippen molar-refractivity contribution in [3.8, 4) is 5.75 Å². The van der Waals surface area contributed by atoms with E-state index in [1.165, 1.54) is 5.56 Å². The first-order valence-electron chi connectivity index (χ1n) is 15.8. The van der Waals surface area contributed by atoms with Crippen molar-refractivity contribution in [3.63, 3.8) is 0 Å². The summed E-state index contributed by atoms with van der Waals surface area (Å²) in [5.41, 5.74) is 4.53. The SMILES string of the molecule is CC[C@H](O)CO[C@@H]1CNC[C@H](OCc2ccc3c(c2)N(CCCOC)CCO3)[C@H]1c1ccc(COC[C@@H](C)COC)cc1. The van der Waals surface area contributed by atoms with Crippen LogP contribution in [0.15, 0.2) is 42.5 Å². The van der Waals surface area contributed by atoms with Crippen LogP contribution in [0.5, 0.6) is 5.75 Å². The zero-order valence-corrected chi connectivity index (χ0v) is 26.5. The van der Waals surface area contributed by atoms with Gasteiger partial charge >= 0.3 is 0 Å². The lowest BCUT2D eigenvalue weighted by Crippen LogP contribution is -2.51. The minimum atomic E-state index is -0.480. The number of fused-ring (bicyclic) bond motifs is 1. The monoisotopic (exact) mass is 600 g/mol. The van der Waals surface area contributed by atoms with E-state index in [1.54, 1.807) is 14.2 Å². The molecule has 0 bridgehead atoms. The topological polar surface area (TPSA) is 90.9 Å². The van der Waals surface area contributed by atoms with Gasteiger partial charge in [0.15, 0.2) is 0 Å². The smallest absolute Gasteiger partial charge is 0.142 e. The van der Waals surface area contributed by atoms with Crippen molar-refractivity contribution in [1.82, 2.24) is 5.32 Å². The van der Waals surface area contributed by atoms with E-state index in [9.17, 15) is 5.11 Å². The highest BCUT2D eigenvalue weighted by Gasteiger charge is 2.36. The molecule has 240 valence electrons. The molecule has 43 heavy (non-hydrogen) atoms. The molecular weight excluding hydrogens is 548 g/mol. The Bertz CT molecular complexity index is 1070. The number of aliphatic hydroxyl groups is 1. The van der Waals surface area contributed by atoms with Crippen LogP contribution in [0, 0.1) is 5.92 Å². The first-order chi connectivity index (χ1) is 21.0. The fourth-order valence-corrected chi connectivity index (χ4v) is 5.76. The molecular formula is C34H52N2O7. The Labute approximate surface area is 257 Å². The van der Waals surface area contributed by atoms with Crippen LogP contribution in [-0.4, -0.2) is 96.9 Å². The van der Waals surface area contributed by atoms with Crippen LogP contribution in [0.2, 0.25) is 0 Å². The van der Waals surface area contributed by atoms with Crippen molar-refractivity contribution in [2.24, 2.45) is 5.92 Å². The van der Waals surface area contributed by atoms with Gasteiger partial charge in [0.2, 0.25) is 0 Å². The molecule has 2 N–H and O–H groups in total. The van der Waals surface area contributed by atoms with E-state index in [0.717, 1.165) is 55.2 Å². The first-order valence-corrected chi connectivity index (χ1v) is 15.8. The van der Waals surface area contributed by atoms with Crippen molar-refractivity contribution in [2.75, 3.05) is 78.3 Å². The summed E-state index contributed by atoms with van der Waals surface area (Å²) in [7, 11) is 3.46. The van der Waals surface area contributed by atoms with Gasteiger partial charge < -0.3 is 43.7 Å². The van der Waals surface area contributed by atoms with Crippen LogP contribution in [0.3, 0.4) is 0 Å². The minimum absolute atomic E-state index is 0.0218. The third kappa shape index (κ3) is 10.1. The van der Waals surface area contributed by atoms with E-state index in [1.807, 2.05) is 6.92 Å². The second kappa shape index (κ2) is 17.9. The number of rotatable bonds is 18. The zero-order valence-electron chi connectivity index (χ0n) is 26.5. The Kier molecular flexibility index (Phi) is 14.0. The molecule has 0 amide bonds. The maximum atomic E-state index is 10.2. The molecule has 0 spiro atoms. The Balaban J connectivity index is 1.45. The van der Waals surface area contributed by atoms with Gasteiger partial charge in [0, 0.05) is 52.3 Å². The quantitative estimate of drug-likeness (QED) is 0.245. The fraction of sp³-hybridized carbons (Fsp3) is 0.647. The lowest BCUT2D eigenvalue weighted by atomic mass is 9.85.